The van der Waals surface area contributed by atoms with Crippen molar-refractivity contribution in [3.63, 3.8) is 0 Å². The second-order valence-corrected chi connectivity index (χ2v) is 5.01. The molecule has 0 atom stereocenters. The number of carbonyl (C=O) groups is 1. The highest BCUT2D eigenvalue weighted by atomic mass is 16.5. The molecule has 23 heavy (non-hydrogen) atoms. The Labute approximate surface area is 136 Å². The summed E-state index contributed by atoms with van der Waals surface area (Å²) < 4.78 is 11.0. The van der Waals surface area contributed by atoms with Crippen LogP contribution in [0.4, 0.5) is 0 Å². The topological polar surface area (TPSA) is 55.8 Å². The molecule has 0 aliphatic rings. The zero-order chi connectivity index (χ0) is 16.5. The molecule has 2 aromatic rings. The van der Waals surface area contributed by atoms with E-state index in [1.54, 1.807) is 25.3 Å². The van der Waals surface area contributed by atoms with Gasteiger partial charge in [-0.15, -0.1) is 0 Å². The second kappa shape index (κ2) is 8.63. The van der Waals surface area contributed by atoms with Crippen molar-refractivity contribution in [3.05, 3.63) is 65.7 Å². The highest BCUT2D eigenvalue weighted by Gasteiger charge is 2.04. The van der Waals surface area contributed by atoms with E-state index in [9.17, 15) is 4.79 Å². The maximum atomic E-state index is 10.7. The molecule has 2 aromatic carbocycles. The summed E-state index contributed by atoms with van der Waals surface area (Å²) in [5.41, 5.74) is 1.99. The molecule has 0 radical (unpaired) electrons. The van der Waals surface area contributed by atoms with Crippen LogP contribution in [0.15, 0.2) is 54.6 Å². The summed E-state index contributed by atoms with van der Waals surface area (Å²) in [5.74, 6) is 0.307. The minimum absolute atomic E-state index is 0.552. The lowest BCUT2D eigenvalue weighted by Crippen LogP contribution is -2.01. The first kappa shape index (κ1) is 16.6. The van der Waals surface area contributed by atoms with E-state index in [2.05, 4.69) is 12.1 Å². The van der Waals surface area contributed by atoms with Crippen LogP contribution in [0.5, 0.6) is 11.5 Å². The Morgan fingerprint density at radius 2 is 1.96 bits per heavy atom. The third kappa shape index (κ3) is 5.51. The van der Waals surface area contributed by atoms with E-state index in [4.69, 9.17) is 14.6 Å². The third-order valence-corrected chi connectivity index (χ3v) is 3.34. The molecule has 0 unspecified atom stereocenters. The van der Waals surface area contributed by atoms with Gasteiger partial charge in [-0.2, -0.15) is 0 Å². The van der Waals surface area contributed by atoms with Gasteiger partial charge in [0.2, 0.25) is 0 Å². The molecule has 1 N–H and O–H groups in total. The van der Waals surface area contributed by atoms with Crippen molar-refractivity contribution in [1.29, 1.82) is 0 Å². The number of carboxylic acid groups (broad SMARTS) is 1. The first-order valence-electron chi connectivity index (χ1n) is 7.45. The number of hydrogen-bond donors (Lipinski definition) is 1. The predicted octanol–water partition coefficient (Wildman–Crippen LogP) is 3.80. The van der Waals surface area contributed by atoms with Crippen LogP contribution in [0.1, 0.15) is 17.5 Å². The largest absolute Gasteiger partial charge is 0.497 e. The van der Waals surface area contributed by atoms with E-state index >= 15 is 0 Å². The Kier molecular flexibility index (Phi) is 6.24. The van der Waals surface area contributed by atoms with Crippen molar-refractivity contribution in [1.82, 2.24) is 0 Å². The van der Waals surface area contributed by atoms with E-state index in [0.29, 0.717) is 23.7 Å². The summed E-state index contributed by atoms with van der Waals surface area (Å²) in [7, 11) is 1.58. The molecule has 4 heteroatoms. The summed E-state index contributed by atoms with van der Waals surface area (Å²) in [6.45, 7) is 0.552. The van der Waals surface area contributed by atoms with Crippen LogP contribution in [0.2, 0.25) is 0 Å². The van der Waals surface area contributed by atoms with Crippen molar-refractivity contribution >= 4 is 12.0 Å². The number of carboxylic acids is 1. The summed E-state index contributed by atoms with van der Waals surface area (Å²) in [6, 6.07) is 15.5. The lowest BCUT2D eigenvalue weighted by molar-refractivity contribution is -0.131. The molecule has 0 aliphatic carbocycles. The van der Waals surface area contributed by atoms with Crippen LogP contribution < -0.4 is 9.47 Å². The van der Waals surface area contributed by atoms with Gasteiger partial charge in [0.25, 0.3) is 0 Å². The van der Waals surface area contributed by atoms with Crippen molar-refractivity contribution in [2.75, 3.05) is 13.7 Å². The fourth-order valence-corrected chi connectivity index (χ4v) is 2.17. The van der Waals surface area contributed by atoms with E-state index in [1.165, 1.54) is 11.6 Å². The molecule has 0 bridgehead atoms. The number of rotatable bonds is 8. The summed E-state index contributed by atoms with van der Waals surface area (Å²) >= 11 is 0. The average molecular weight is 312 g/mol. The van der Waals surface area contributed by atoms with Gasteiger partial charge >= 0.3 is 5.97 Å². The van der Waals surface area contributed by atoms with Gasteiger partial charge in [-0.3, -0.25) is 0 Å². The maximum absolute atomic E-state index is 10.7. The highest BCUT2D eigenvalue weighted by Crippen LogP contribution is 2.26. The molecule has 2 rings (SSSR count). The standard InChI is InChI=1S/C19H20O4/c1-22-17-11-9-16(10-12-19(20)21)18(14-17)23-13-5-8-15-6-3-2-4-7-15/h2-4,6-7,9-12,14H,5,8,13H2,1H3,(H,20,21)/b12-10+. The molecule has 0 spiro atoms. The quantitative estimate of drug-likeness (QED) is 0.595. The molecule has 0 saturated carbocycles. The van der Waals surface area contributed by atoms with Crippen LogP contribution in [-0.4, -0.2) is 24.8 Å². The Morgan fingerprint density at radius 1 is 1.17 bits per heavy atom. The van der Waals surface area contributed by atoms with E-state index in [0.717, 1.165) is 18.9 Å². The van der Waals surface area contributed by atoms with Crippen LogP contribution >= 0.6 is 0 Å². The summed E-state index contributed by atoms with van der Waals surface area (Å²) in [6.07, 6.45) is 4.43. The van der Waals surface area contributed by atoms with Gasteiger partial charge in [-0.25, -0.2) is 4.79 Å². The number of methoxy groups -OCH3 is 1. The summed E-state index contributed by atoms with van der Waals surface area (Å²) in [4.78, 5) is 10.7. The fourth-order valence-electron chi connectivity index (χ4n) is 2.17. The average Bonchev–Trinajstić information content (AvgIpc) is 2.58. The Morgan fingerprint density at radius 3 is 2.65 bits per heavy atom. The number of benzene rings is 2. The van der Waals surface area contributed by atoms with E-state index in [1.807, 2.05) is 18.2 Å². The van der Waals surface area contributed by atoms with E-state index in [-0.39, 0.29) is 0 Å². The minimum Gasteiger partial charge on any atom is -0.497 e. The lowest BCUT2D eigenvalue weighted by atomic mass is 10.1. The first-order valence-corrected chi connectivity index (χ1v) is 7.45. The fraction of sp³-hybridized carbons (Fsp3) is 0.211. The van der Waals surface area contributed by atoms with Gasteiger partial charge < -0.3 is 14.6 Å². The first-order chi connectivity index (χ1) is 11.2. The van der Waals surface area contributed by atoms with Crippen molar-refractivity contribution in [3.8, 4) is 11.5 Å². The normalized spacial score (nSPS) is 10.7. The molecule has 0 aromatic heterocycles. The van der Waals surface area contributed by atoms with Gasteiger partial charge in [-0.05, 0) is 36.6 Å². The van der Waals surface area contributed by atoms with Crippen molar-refractivity contribution in [2.24, 2.45) is 0 Å². The minimum atomic E-state index is -0.990. The summed E-state index contributed by atoms with van der Waals surface area (Å²) in [5, 5.41) is 8.75. The van der Waals surface area contributed by atoms with Gasteiger partial charge in [0.05, 0.1) is 13.7 Å². The molecule has 4 nitrogen and oxygen atoms in total. The van der Waals surface area contributed by atoms with Crippen LogP contribution in [0.25, 0.3) is 6.08 Å². The zero-order valence-electron chi connectivity index (χ0n) is 13.1. The maximum Gasteiger partial charge on any atom is 0.328 e. The van der Waals surface area contributed by atoms with Gasteiger partial charge in [0.15, 0.2) is 0 Å². The monoisotopic (exact) mass is 312 g/mol. The SMILES string of the molecule is COc1ccc(/C=C/C(=O)O)c(OCCCc2ccccc2)c1. The van der Waals surface area contributed by atoms with Crippen LogP contribution in [0, 0.1) is 0 Å². The van der Waals surface area contributed by atoms with Crippen LogP contribution in [0.3, 0.4) is 0 Å². The molecule has 0 heterocycles. The van der Waals surface area contributed by atoms with Gasteiger partial charge in [0, 0.05) is 17.7 Å². The molecular weight excluding hydrogens is 292 g/mol. The molecule has 0 aliphatic heterocycles. The molecular formula is C19H20O4. The second-order valence-electron chi connectivity index (χ2n) is 5.01. The number of aliphatic carboxylic acids is 1. The lowest BCUT2D eigenvalue weighted by Gasteiger charge is -2.11. The predicted molar refractivity (Wildman–Crippen MR) is 89.9 cm³/mol. The third-order valence-electron chi connectivity index (χ3n) is 3.34. The molecule has 0 saturated heterocycles. The Balaban J connectivity index is 1.97. The Bertz CT molecular complexity index is 662. The smallest absolute Gasteiger partial charge is 0.328 e. The van der Waals surface area contributed by atoms with Crippen molar-refractivity contribution < 1.29 is 19.4 Å². The van der Waals surface area contributed by atoms with Crippen molar-refractivity contribution in [2.45, 2.75) is 12.8 Å². The van der Waals surface area contributed by atoms with Crippen LogP contribution in [-0.2, 0) is 11.2 Å². The highest BCUT2D eigenvalue weighted by molar-refractivity contribution is 5.86. The van der Waals surface area contributed by atoms with Gasteiger partial charge in [-0.1, -0.05) is 30.3 Å². The number of hydrogen-bond acceptors (Lipinski definition) is 3. The number of aryl methyl sites for hydroxylation is 1. The Hall–Kier alpha value is -2.75. The molecule has 120 valence electrons. The molecule has 0 fully saturated rings. The number of ether oxygens (including phenoxy) is 2. The molecule has 0 amide bonds. The van der Waals surface area contributed by atoms with Gasteiger partial charge in [0.1, 0.15) is 11.5 Å². The van der Waals surface area contributed by atoms with E-state index < -0.39 is 5.97 Å². The zero-order valence-corrected chi connectivity index (χ0v) is 13.1.